The van der Waals surface area contributed by atoms with Gasteiger partial charge in [0, 0.05) is 28.4 Å². The first kappa shape index (κ1) is 19.0. The lowest BCUT2D eigenvalue weighted by Gasteiger charge is -2.10. The van der Waals surface area contributed by atoms with Crippen LogP contribution in [0.3, 0.4) is 0 Å². The largest absolute Gasteiger partial charge is 0.496 e. The molecule has 0 radical (unpaired) electrons. The van der Waals surface area contributed by atoms with Crippen LogP contribution in [-0.2, 0) is 6.54 Å². The van der Waals surface area contributed by atoms with Gasteiger partial charge >= 0.3 is 0 Å². The van der Waals surface area contributed by atoms with Gasteiger partial charge in [0.1, 0.15) is 12.1 Å². The first-order valence-electron chi connectivity index (χ1n) is 9.20. The second kappa shape index (κ2) is 7.97. The maximum atomic E-state index is 12.6. The number of fused-ring (bicyclic) bond motifs is 1. The fraction of sp³-hybridized carbons (Fsp3) is 0.130. The Balaban J connectivity index is 1.56. The smallest absolute Gasteiger partial charge is 0.251 e. The van der Waals surface area contributed by atoms with Gasteiger partial charge < -0.3 is 10.1 Å². The third kappa shape index (κ3) is 3.82. The average Bonchev–Trinajstić information content (AvgIpc) is 3.17. The van der Waals surface area contributed by atoms with Gasteiger partial charge in [0.15, 0.2) is 0 Å². The molecule has 1 aromatic heterocycles. The van der Waals surface area contributed by atoms with Gasteiger partial charge in [0.2, 0.25) is 0 Å². The average molecular weight is 406 g/mol. The lowest BCUT2D eigenvalue weighted by atomic mass is 10.1. The van der Waals surface area contributed by atoms with Crippen molar-refractivity contribution in [2.45, 2.75) is 13.5 Å². The molecule has 3 aromatic carbocycles. The maximum absolute atomic E-state index is 12.6. The Bertz CT molecular complexity index is 1200. The Kier molecular flexibility index (Phi) is 5.23. The van der Waals surface area contributed by atoms with Gasteiger partial charge in [-0.1, -0.05) is 35.9 Å². The topological polar surface area (TPSA) is 56.1 Å². The van der Waals surface area contributed by atoms with Crippen LogP contribution < -0.4 is 10.1 Å². The summed E-state index contributed by atoms with van der Waals surface area (Å²) in [6.07, 6.45) is 1.74. The number of aromatic nitrogens is 2. The summed E-state index contributed by atoms with van der Waals surface area (Å²) >= 11 is 6.26. The second-order valence-electron chi connectivity index (χ2n) is 6.75. The SMILES string of the molecule is COc1ccccc1CNC(=O)c1ccc2c(c1)ncn2-c1ccc(C)c(Cl)c1. The van der Waals surface area contributed by atoms with Crippen molar-refractivity contribution in [2.75, 3.05) is 7.11 Å². The Morgan fingerprint density at radius 1 is 1.14 bits per heavy atom. The Morgan fingerprint density at radius 2 is 1.97 bits per heavy atom. The van der Waals surface area contributed by atoms with Crippen LogP contribution in [-0.4, -0.2) is 22.6 Å². The molecule has 1 heterocycles. The molecular weight excluding hydrogens is 386 g/mol. The molecule has 1 amide bonds. The summed E-state index contributed by atoms with van der Waals surface area (Å²) in [5.74, 6) is 0.587. The zero-order valence-electron chi connectivity index (χ0n) is 16.1. The molecule has 4 rings (SSSR count). The fourth-order valence-corrected chi connectivity index (χ4v) is 3.39. The van der Waals surface area contributed by atoms with Crippen molar-refractivity contribution < 1.29 is 9.53 Å². The van der Waals surface area contributed by atoms with Crippen molar-refractivity contribution in [2.24, 2.45) is 0 Å². The molecule has 0 fully saturated rings. The monoisotopic (exact) mass is 405 g/mol. The third-order valence-electron chi connectivity index (χ3n) is 4.87. The molecule has 0 aliphatic heterocycles. The summed E-state index contributed by atoms with van der Waals surface area (Å²) in [5, 5.41) is 3.64. The minimum atomic E-state index is -0.161. The van der Waals surface area contributed by atoms with Crippen LogP contribution >= 0.6 is 11.6 Å². The first-order valence-corrected chi connectivity index (χ1v) is 9.58. The predicted octanol–water partition coefficient (Wildman–Crippen LogP) is 4.93. The number of carbonyl (C=O) groups excluding carboxylic acids is 1. The highest BCUT2D eigenvalue weighted by atomic mass is 35.5. The molecular formula is C23H20ClN3O2. The second-order valence-corrected chi connectivity index (χ2v) is 7.15. The van der Waals surface area contributed by atoms with E-state index in [0.29, 0.717) is 17.1 Å². The van der Waals surface area contributed by atoms with Gasteiger partial charge in [-0.25, -0.2) is 4.98 Å². The number of rotatable bonds is 5. The fourth-order valence-electron chi connectivity index (χ4n) is 3.22. The number of imidazole rings is 1. The van der Waals surface area contributed by atoms with E-state index in [2.05, 4.69) is 10.3 Å². The molecule has 1 N–H and O–H groups in total. The summed E-state index contributed by atoms with van der Waals surface area (Å²) in [5.41, 5.74) is 5.08. The predicted molar refractivity (Wildman–Crippen MR) is 115 cm³/mol. The lowest BCUT2D eigenvalue weighted by molar-refractivity contribution is 0.0951. The number of hydrogen-bond donors (Lipinski definition) is 1. The quantitative estimate of drug-likeness (QED) is 0.512. The molecule has 0 aliphatic carbocycles. The van der Waals surface area contributed by atoms with Crippen LogP contribution in [0.15, 0.2) is 67.0 Å². The molecule has 146 valence electrons. The van der Waals surface area contributed by atoms with Crippen molar-refractivity contribution in [3.63, 3.8) is 0 Å². The highest BCUT2D eigenvalue weighted by Crippen LogP contribution is 2.24. The molecule has 0 aliphatic rings. The van der Waals surface area contributed by atoms with E-state index >= 15 is 0 Å². The highest BCUT2D eigenvalue weighted by Gasteiger charge is 2.11. The summed E-state index contributed by atoms with van der Waals surface area (Å²) < 4.78 is 7.28. The lowest BCUT2D eigenvalue weighted by Crippen LogP contribution is -2.23. The molecule has 0 unspecified atom stereocenters. The van der Waals surface area contributed by atoms with Gasteiger partial charge in [-0.15, -0.1) is 0 Å². The van der Waals surface area contributed by atoms with Crippen molar-refractivity contribution in [1.82, 2.24) is 14.9 Å². The number of aryl methyl sites for hydroxylation is 1. The van der Waals surface area contributed by atoms with E-state index in [-0.39, 0.29) is 5.91 Å². The van der Waals surface area contributed by atoms with E-state index < -0.39 is 0 Å². The van der Waals surface area contributed by atoms with Crippen molar-refractivity contribution in [3.05, 3.63) is 88.7 Å². The van der Waals surface area contributed by atoms with E-state index in [0.717, 1.165) is 33.6 Å². The number of hydrogen-bond acceptors (Lipinski definition) is 3. The number of nitrogens with zero attached hydrogens (tertiary/aromatic N) is 2. The summed E-state index contributed by atoms with van der Waals surface area (Å²) in [6, 6.07) is 19.0. The molecule has 0 atom stereocenters. The van der Waals surface area contributed by atoms with E-state index in [1.807, 2.05) is 60.0 Å². The van der Waals surface area contributed by atoms with Crippen LogP contribution in [0.25, 0.3) is 16.7 Å². The van der Waals surface area contributed by atoms with Crippen LogP contribution in [0, 0.1) is 6.92 Å². The normalized spacial score (nSPS) is 10.9. The van der Waals surface area contributed by atoms with E-state index in [1.165, 1.54) is 0 Å². The Hall–Kier alpha value is -3.31. The molecule has 0 bridgehead atoms. The Labute approximate surface area is 173 Å². The van der Waals surface area contributed by atoms with Crippen LogP contribution in [0.4, 0.5) is 0 Å². The number of amides is 1. The molecule has 6 heteroatoms. The highest BCUT2D eigenvalue weighted by molar-refractivity contribution is 6.31. The number of para-hydroxylation sites is 1. The maximum Gasteiger partial charge on any atom is 0.251 e. The van der Waals surface area contributed by atoms with Gasteiger partial charge in [0.05, 0.1) is 18.1 Å². The first-order chi connectivity index (χ1) is 14.1. The Morgan fingerprint density at radius 3 is 2.76 bits per heavy atom. The van der Waals surface area contributed by atoms with Crippen molar-refractivity contribution in [1.29, 1.82) is 0 Å². The zero-order chi connectivity index (χ0) is 20.4. The molecule has 5 nitrogen and oxygen atoms in total. The van der Waals surface area contributed by atoms with E-state index in [1.54, 1.807) is 25.6 Å². The summed E-state index contributed by atoms with van der Waals surface area (Å²) in [4.78, 5) is 17.1. The van der Waals surface area contributed by atoms with E-state index in [9.17, 15) is 4.79 Å². The zero-order valence-corrected chi connectivity index (χ0v) is 16.9. The van der Waals surface area contributed by atoms with Gasteiger partial charge in [-0.3, -0.25) is 9.36 Å². The molecule has 0 saturated carbocycles. The van der Waals surface area contributed by atoms with Crippen LogP contribution in [0.5, 0.6) is 5.75 Å². The number of carbonyl (C=O) groups is 1. The number of halogens is 1. The van der Waals surface area contributed by atoms with Gasteiger partial charge in [0.25, 0.3) is 5.91 Å². The van der Waals surface area contributed by atoms with Gasteiger partial charge in [-0.05, 0) is 48.9 Å². The van der Waals surface area contributed by atoms with Crippen LogP contribution in [0.1, 0.15) is 21.5 Å². The summed E-state index contributed by atoms with van der Waals surface area (Å²) in [6.45, 7) is 2.35. The minimum Gasteiger partial charge on any atom is -0.496 e. The number of benzene rings is 3. The van der Waals surface area contributed by atoms with Crippen molar-refractivity contribution in [3.8, 4) is 11.4 Å². The molecule has 29 heavy (non-hydrogen) atoms. The molecule has 0 saturated heterocycles. The van der Waals surface area contributed by atoms with Crippen LogP contribution in [0.2, 0.25) is 5.02 Å². The number of nitrogens with one attached hydrogen (secondary N) is 1. The minimum absolute atomic E-state index is 0.161. The number of methoxy groups -OCH3 is 1. The van der Waals surface area contributed by atoms with E-state index in [4.69, 9.17) is 16.3 Å². The standard InChI is InChI=1S/C23H20ClN3O2/c1-15-7-9-18(12-19(15)24)27-14-26-20-11-16(8-10-21(20)27)23(28)25-13-17-5-3-4-6-22(17)29-2/h3-12,14H,13H2,1-2H3,(H,25,28). The van der Waals surface area contributed by atoms with Gasteiger partial charge in [-0.2, -0.15) is 0 Å². The van der Waals surface area contributed by atoms with Crippen molar-refractivity contribution >= 4 is 28.5 Å². The molecule has 4 aromatic rings. The summed E-state index contributed by atoms with van der Waals surface area (Å²) in [7, 11) is 1.62. The number of ether oxygens (including phenoxy) is 1. The molecule has 0 spiro atoms. The third-order valence-corrected chi connectivity index (χ3v) is 5.28.